The minimum Gasteiger partial charge on any atom is -0.394 e. The quantitative estimate of drug-likeness (QED) is 0.834. The van der Waals surface area contributed by atoms with Crippen molar-refractivity contribution in [3.05, 3.63) is 16.7 Å². The van der Waals surface area contributed by atoms with Gasteiger partial charge in [-0.2, -0.15) is 4.31 Å². The maximum absolute atomic E-state index is 12.6. The molecule has 0 amide bonds. The third-order valence-electron chi connectivity index (χ3n) is 2.93. The maximum Gasteiger partial charge on any atom is 0.247 e. The van der Waals surface area contributed by atoms with Gasteiger partial charge in [-0.1, -0.05) is 0 Å². The molecule has 0 unspecified atom stereocenters. The fourth-order valence-electron chi connectivity index (χ4n) is 1.38. The summed E-state index contributed by atoms with van der Waals surface area (Å²) >= 11 is 3.21. The highest BCUT2D eigenvalue weighted by Gasteiger charge is 2.35. The SMILES string of the molecule is CNc1ncc(Br)cc1S(=O)(=O)N(C)C(C)(C)CO. The summed E-state index contributed by atoms with van der Waals surface area (Å²) < 4.78 is 26.9. The number of aromatic nitrogens is 1. The molecule has 8 heteroatoms. The second-order valence-corrected chi connectivity index (χ2v) is 7.55. The van der Waals surface area contributed by atoms with E-state index in [9.17, 15) is 13.5 Å². The minimum atomic E-state index is -3.76. The molecular formula is C11H18BrN3O3S. The van der Waals surface area contributed by atoms with Gasteiger partial charge in [-0.3, -0.25) is 0 Å². The predicted octanol–water partition coefficient (Wildman–Crippen LogP) is 1.28. The molecule has 2 N–H and O–H groups in total. The highest BCUT2D eigenvalue weighted by Crippen LogP contribution is 2.28. The molecule has 1 aromatic rings. The molecular weight excluding hydrogens is 334 g/mol. The number of halogens is 1. The average Bonchev–Trinajstić information content (AvgIpc) is 2.37. The van der Waals surface area contributed by atoms with E-state index >= 15 is 0 Å². The molecule has 1 rings (SSSR count). The topological polar surface area (TPSA) is 82.5 Å². The Bertz CT molecular complexity index is 560. The number of sulfonamides is 1. The Morgan fingerprint density at radius 2 is 2.11 bits per heavy atom. The first kappa shape index (κ1) is 16.4. The van der Waals surface area contributed by atoms with Crippen molar-refractivity contribution in [1.82, 2.24) is 9.29 Å². The Kier molecular flexibility index (Phi) is 4.94. The molecule has 1 heterocycles. The number of aliphatic hydroxyl groups is 1. The molecule has 0 radical (unpaired) electrons. The first-order chi connectivity index (χ1) is 8.66. The lowest BCUT2D eigenvalue weighted by molar-refractivity contribution is 0.138. The van der Waals surface area contributed by atoms with Crippen molar-refractivity contribution in [1.29, 1.82) is 0 Å². The zero-order valence-electron chi connectivity index (χ0n) is 11.3. The second kappa shape index (κ2) is 5.74. The van der Waals surface area contributed by atoms with Gasteiger partial charge in [-0.25, -0.2) is 13.4 Å². The van der Waals surface area contributed by atoms with Gasteiger partial charge in [-0.05, 0) is 35.8 Å². The number of hydrogen-bond donors (Lipinski definition) is 2. The summed E-state index contributed by atoms with van der Waals surface area (Å²) in [4.78, 5) is 4.09. The van der Waals surface area contributed by atoms with Gasteiger partial charge in [0.25, 0.3) is 0 Å². The van der Waals surface area contributed by atoms with Gasteiger partial charge in [0.1, 0.15) is 10.7 Å². The van der Waals surface area contributed by atoms with Crippen molar-refractivity contribution in [2.75, 3.05) is 26.0 Å². The van der Waals surface area contributed by atoms with Gasteiger partial charge in [-0.15, -0.1) is 0 Å². The van der Waals surface area contributed by atoms with Crippen LogP contribution in [0.25, 0.3) is 0 Å². The van der Waals surface area contributed by atoms with Gasteiger partial charge in [0.15, 0.2) is 0 Å². The molecule has 0 saturated heterocycles. The van der Waals surface area contributed by atoms with Crippen LogP contribution in [0.4, 0.5) is 5.82 Å². The van der Waals surface area contributed by atoms with Crippen LogP contribution < -0.4 is 5.32 Å². The number of nitrogens with zero attached hydrogens (tertiary/aromatic N) is 2. The van der Waals surface area contributed by atoms with Gasteiger partial charge in [0, 0.05) is 24.8 Å². The summed E-state index contributed by atoms with van der Waals surface area (Å²) in [5.41, 5.74) is -0.897. The van der Waals surface area contributed by atoms with Crippen LogP contribution in [0.5, 0.6) is 0 Å². The fraction of sp³-hybridized carbons (Fsp3) is 0.545. The van der Waals surface area contributed by atoms with Crippen LogP contribution in [-0.4, -0.2) is 49.1 Å². The number of pyridine rings is 1. The molecule has 0 saturated carbocycles. The first-order valence-corrected chi connectivity index (χ1v) is 7.83. The van der Waals surface area contributed by atoms with Crippen LogP contribution in [0.15, 0.2) is 21.6 Å². The third kappa shape index (κ3) is 3.25. The number of hydrogen-bond acceptors (Lipinski definition) is 5. The number of anilines is 1. The molecule has 6 nitrogen and oxygen atoms in total. The lowest BCUT2D eigenvalue weighted by Crippen LogP contribution is -2.47. The largest absolute Gasteiger partial charge is 0.394 e. The molecule has 19 heavy (non-hydrogen) atoms. The van der Waals surface area contributed by atoms with E-state index in [4.69, 9.17) is 0 Å². The van der Waals surface area contributed by atoms with E-state index in [-0.39, 0.29) is 17.3 Å². The van der Waals surface area contributed by atoms with Gasteiger partial charge in [0.2, 0.25) is 10.0 Å². The summed E-state index contributed by atoms with van der Waals surface area (Å²) in [6.45, 7) is 3.02. The van der Waals surface area contributed by atoms with E-state index in [2.05, 4.69) is 26.2 Å². The van der Waals surface area contributed by atoms with Crippen LogP contribution in [0.2, 0.25) is 0 Å². The van der Waals surface area contributed by atoms with E-state index in [1.807, 2.05) is 0 Å². The van der Waals surface area contributed by atoms with Gasteiger partial charge in [0.05, 0.1) is 12.1 Å². The van der Waals surface area contributed by atoms with Crippen LogP contribution >= 0.6 is 15.9 Å². The Morgan fingerprint density at radius 3 is 2.58 bits per heavy atom. The van der Waals surface area contributed by atoms with E-state index in [0.717, 1.165) is 4.31 Å². The van der Waals surface area contributed by atoms with Crippen molar-refractivity contribution >= 4 is 31.8 Å². The highest BCUT2D eigenvalue weighted by molar-refractivity contribution is 9.10. The molecule has 0 aliphatic rings. The Morgan fingerprint density at radius 1 is 1.53 bits per heavy atom. The lowest BCUT2D eigenvalue weighted by atomic mass is 10.1. The van der Waals surface area contributed by atoms with Crippen molar-refractivity contribution in [2.45, 2.75) is 24.3 Å². The zero-order valence-corrected chi connectivity index (χ0v) is 13.7. The van der Waals surface area contributed by atoms with Crippen molar-refractivity contribution in [3.8, 4) is 0 Å². The fourth-order valence-corrected chi connectivity index (χ4v) is 3.54. The summed E-state index contributed by atoms with van der Waals surface area (Å²) in [7, 11) is -0.716. The molecule has 0 fully saturated rings. The minimum absolute atomic E-state index is 0.0633. The highest BCUT2D eigenvalue weighted by atomic mass is 79.9. The van der Waals surface area contributed by atoms with Crippen molar-refractivity contribution < 1.29 is 13.5 Å². The normalized spacial score (nSPS) is 12.8. The van der Waals surface area contributed by atoms with Gasteiger partial charge < -0.3 is 10.4 Å². The maximum atomic E-state index is 12.6. The monoisotopic (exact) mass is 351 g/mol. The molecule has 1 aromatic heterocycles. The van der Waals surface area contributed by atoms with E-state index in [1.165, 1.54) is 19.3 Å². The molecule has 0 aromatic carbocycles. The number of rotatable bonds is 5. The average molecular weight is 352 g/mol. The van der Waals surface area contributed by atoms with E-state index in [1.54, 1.807) is 20.9 Å². The summed E-state index contributed by atoms with van der Waals surface area (Å²) in [6.07, 6.45) is 1.52. The Hall–Kier alpha value is -0.700. The van der Waals surface area contributed by atoms with Crippen LogP contribution in [-0.2, 0) is 10.0 Å². The summed E-state index contributed by atoms with van der Waals surface area (Å²) in [5, 5.41) is 12.1. The number of nitrogens with one attached hydrogen (secondary N) is 1. The van der Waals surface area contributed by atoms with Crippen molar-refractivity contribution in [3.63, 3.8) is 0 Å². The number of likely N-dealkylation sites (N-methyl/N-ethyl adjacent to an activating group) is 1. The zero-order chi connectivity index (χ0) is 14.8. The standard InChI is InChI=1S/C11H18BrN3O3S/c1-11(2,7-16)15(4)19(17,18)9-5-8(12)6-14-10(9)13-3/h5-6,16H,7H2,1-4H3,(H,13,14). The summed E-state index contributed by atoms with van der Waals surface area (Å²) in [6, 6.07) is 1.48. The molecule has 108 valence electrons. The molecule has 0 atom stereocenters. The Balaban J connectivity index is 3.39. The van der Waals surface area contributed by atoms with Gasteiger partial charge >= 0.3 is 0 Å². The van der Waals surface area contributed by atoms with E-state index < -0.39 is 15.6 Å². The lowest BCUT2D eigenvalue weighted by Gasteiger charge is -2.33. The predicted molar refractivity (Wildman–Crippen MR) is 77.6 cm³/mol. The molecule has 0 bridgehead atoms. The molecule has 0 aliphatic carbocycles. The van der Waals surface area contributed by atoms with Crippen molar-refractivity contribution in [2.24, 2.45) is 0 Å². The molecule has 0 aliphatic heterocycles. The van der Waals surface area contributed by atoms with Crippen LogP contribution in [0.3, 0.4) is 0 Å². The first-order valence-electron chi connectivity index (χ1n) is 5.60. The summed E-state index contributed by atoms with van der Waals surface area (Å²) in [5.74, 6) is 0.267. The number of aliphatic hydroxyl groups excluding tert-OH is 1. The third-order valence-corrected chi connectivity index (χ3v) is 5.45. The van der Waals surface area contributed by atoms with Crippen LogP contribution in [0, 0.1) is 0 Å². The Labute approximate surface area is 122 Å². The van der Waals surface area contributed by atoms with Crippen LogP contribution in [0.1, 0.15) is 13.8 Å². The van der Waals surface area contributed by atoms with E-state index in [0.29, 0.717) is 4.47 Å². The second-order valence-electron chi connectivity index (χ2n) is 4.69. The molecule has 0 spiro atoms. The smallest absolute Gasteiger partial charge is 0.247 e.